The average molecular weight is 584 g/mol. The van der Waals surface area contributed by atoms with Gasteiger partial charge >= 0.3 is 5.97 Å². The minimum Gasteiger partial charge on any atom is -0.481 e. The zero-order chi connectivity index (χ0) is 21.7. The molecule has 0 aliphatic heterocycles. The predicted molar refractivity (Wildman–Crippen MR) is 128 cm³/mol. The lowest BCUT2D eigenvalue weighted by Crippen LogP contribution is -2.22. The maximum absolute atomic E-state index is 13.1. The van der Waals surface area contributed by atoms with Crippen LogP contribution >= 0.6 is 38.5 Å². The number of unbranched alkanes of at least 4 members (excludes halogenated alkanes) is 1. The molecule has 0 aliphatic rings. The highest BCUT2D eigenvalue weighted by atomic mass is 127. The quantitative estimate of drug-likeness (QED) is 0.312. The second-order valence-electron chi connectivity index (χ2n) is 6.53. The molecular formula is C21H19BrIN3O4. The second kappa shape index (κ2) is 10.2. The Kier molecular flexibility index (Phi) is 7.59. The van der Waals surface area contributed by atoms with Crippen molar-refractivity contribution in [1.82, 2.24) is 9.66 Å². The molecule has 0 saturated carbocycles. The monoisotopic (exact) mass is 583 g/mol. The first-order valence-electron chi connectivity index (χ1n) is 9.28. The third-order valence-corrected chi connectivity index (χ3v) is 5.59. The van der Waals surface area contributed by atoms with Gasteiger partial charge in [0.25, 0.3) is 5.56 Å². The van der Waals surface area contributed by atoms with E-state index in [4.69, 9.17) is 9.84 Å². The number of carboxylic acids is 1. The molecule has 0 fully saturated rings. The molecule has 1 aromatic heterocycles. The number of carboxylic acid groups (broad SMARTS) is 1. The molecule has 0 radical (unpaired) electrons. The summed E-state index contributed by atoms with van der Waals surface area (Å²) < 4.78 is 8.14. The van der Waals surface area contributed by atoms with E-state index in [1.807, 2.05) is 18.2 Å². The maximum atomic E-state index is 13.1. The Morgan fingerprint density at radius 1 is 1.33 bits per heavy atom. The lowest BCUT2D eigenvalue weighted by molar-refractivity contribution is -0.139. The molecule has 3 aromatic rings. The highest BCUT2D eigenvalue weighted by Gasteiger charge is 2.11. The molecule has 156 valence electrons. The molecule has 0 aliphatic carbocycles. The number of ether oxygens (including phenoxy) is 1. The summed E-state index contributed by atoms with van der Waals surface area (Å²) in [6.45, 7) is 1.68. The molecule has 2 aromatic carbocycles. The summed E-state index contributed by atoms with van der Waals surface area (Å²) in [5.41, 5.74) is 1.18. The summed E-state index contributed by atoms with van der Waals surface area (Å²) >= 11 is 5.47. The zero-order valence-electron chi connectivity index (χ0n) is 16.1. The Balaban J connectivity index is 1.98. The molecule has 0 saturated heterocycles. The molecule has 0 unspecified atom stereocenters. The summed E-state index contributed by atoms with van der Waals surface area (Å²) in [4.78, 5) is 28.4. The first kappa shape index (κ1) is 22.4. The molecule has 0 atom stereocenters. The topological polar surface area (TPSA) is 93.8 Å². The van der Waals surface area contributed by atoms with Crippen molar-refractivity contribution in [2.75, 3.05) is 6.61 Å². The van der Waals surface area contributed by atoms with Crippen molar-refractivity contribution in [3.63, 3.8) is 0 Å². The van der Waals surface area contributed by atoms with Crippen LogP contribution in [-0.4, -0.2) is 33.6 Å². The van der Waals surface area contributed by atoms with Crippen molar-refractivity contribution in [3.8, 4) is 5.75 Å². The van der Waals surface area contributed by atoms with Gasteiger partial charge in [-0.05, 0) is 71.0 Å². The number of nitrogens with zero attached hydrogens (tertiary/aromatic N) is 3. The number of aryl methyl sites for hydroxylation is 1. The number of fused-ring (bicyclic) bond motifs is 1. The van der Waals surface area contributed by atoms with Gasteiger partial charge in [-0.25, -0.2) is 9.78 Å². The number of rotatable bonds is 8. The smallest absolute Gasteiger partial charge is 0.341 e. The van der Waals surface area contributed by atoms with Crippen LogP contribution in [0.25, 0.3) is 10.9 Å². The van der Waals surface area contributed by atoms with E-state index >= 15 is 0 Å². The number of hydrogen-bond donors (Lipinski definition) is 1. The standard InChI is InChI=1S/C21H19BrIN3O4/c1-2-3-4-19-25-17-7-6-14(22)10-15(17)21(29)26(19)24-11-13-5-8-18(16(23)9-13)30-12-20(27)28/h5-11H,2-4,12H2,1H3,(H,27,28). The Morgan fingerprint density at radius 3 is 2.83 bits per heavy atom. The van der Waals surface area contributed by atoms with Crippen LogP contribution in [0.5, 0.6) is 5.75 Å². The van der Waals surface area contributed by atoms with E-state index in [1.165, 1.54) is 4.68 Å². The zero-order valence-corrected chi connectivity index (χ0v) is 19.9. The van der Waals surface area contributed by atoms with Gasteiger partial charge in [0.2, 0.25) is 0 Å². The molecule has 0 bridgehead atoms. The van der Waals surface area contributed by atoms with Crippen molar-refractivity contribution >= 4 is 61.6 Å². The van der Waals surface area contributed by atoms with E-state index in [-0.39, 0.29) is 5.56 Å². The van der Waals surface area contributed by atoms with Crippen molar-refractivity contribution in [1.29, 1.82) is 0 Å². The Bertz CT molecular complexity index is 1180. The average Bonchev–Trinajstić information content (AvgIpc) is 2.71. The third kappa shape index (κ3) is 5.45. The van der Waals surface area contributed by atoms with Crippen molar-refractivity contribution in [3.05, 3.63) is 66.2 Å². The fourth-order valence-corrected chi connectivity index (χ4v) is 3.85. The van der Waals surface area contributed by atoms with Gasteiger partial charge in [0.1, 0.15) is 11.6 Å². The van der Waals surface area contributed by atoms with Crippen molar-refractivity contribution in [2.24, 2.45) is 5.10 Å². The number of halogens is 2. The summed E-state index contributed by atoms with van der Waals surface area (Å²) in [7, 11) is 0. The van der Waals surface area contributed by atoms with E-state index in [9.17, 15) is 9.59 Å². The van der Waals surface area contributed by atoms with Gasteiger partial charge in [0.15, 0.2) is 6.61 Å². The molecular weight excluding hydrogens is 565 g/mol. The van der Waals surface area contributed by atoms with Crippen LogP contribution < -0.4 is 10.3 Å². The van der Waals surface area contributed by atoms with E-state index < -0.39 is 12.6 Å². The Hall–Kier alpha value is -2.27. The number of aromatic nitrogens is 2. The van der Waals surface area contributed by atoms with Crippen LogP contribution in [0.2, 0.25) is 0 Å². The third-order valence-electron chi connectivity index (χ3n) is 4.26. The summed E-state index contributed by atoms with van der Waals surface area (Å²) in [6.07, 6.45) is 4.12. The molecule has 1 heterocycles. The Labute approximate surface area is 195 Å². The number of hydrogen-bond acceptors (Lipinski definition) is 5. The van der Waals surface area contributed by atoms with E-state index in [2.05, 4.69) is 55.5 Å². The van der Waals surface area contributed by atoms with E-state index in [0.29, 0.717) is 28.9 Å². The summed E-state index contributed by atoms with van der Waals surface area (Å²) in [5, 5.41) is 13.7. The second-order valence-corrected chi connectivity index (χ2v) is 8.60. The molecule has 7 nitrogen and oxygen atoms in total. The summed E-state index contributed by atoms with van der Waals surface area (Å²) in [6, 6.07) is 10.7. The van der Waals surface area contributed by atoms with Gasteiger partial charge in [-0.2, -0.15) is 9.78 Å². The van der Waals surface area contributed by atoms with Crippen LogP contribution in [-0.2, 0) is 11.2 Å². The van der Waals surface area contributed by atoms with E-state index in [1.54, 1.807) is 24.4 Å². The fourth-order valence-electron chi connectivity index (χ4n) is 2.79. The van der Waals surface area contributed by atoms with Crippen LogP contribution in [0.4, 0.5) is 0 Å². The van der Waals surface area contributed by atoms with Crippen molar-refractivity contribution in [2.45, 2.75) is 26.2 Å². The van der Waals surface area contributed by atoms with Gasteiger partial charge in [0.05, 0.1) is 20.7 Å². The number of carbonyl (C=O) groups is 1. The molecule has 1 N–H and O–H groups in total. The minimum absolute atomic E-state index is 0.222. The van der Waals surface area contributed by atoms with Crippen LogP contribution in [0.3, 0.4) is 0 Å². The van der Waals surface area contributed by atoms with Gasteiger partial charge in [-0.1, -0.05) is 29.3 Å². The van der Waals surface area contributed by atoms with Gasteiger partial charge in [-0.15, -0.1) is 0 Å². The normalized spacial score (nSPS) is 11.3. The van der Waals surface area contributed by atoms with Crippen LogP contribution in [0.15, 0.2) is 50.8 Å². The first-order chi connectivity index (χ1) is 14.4. The molecule has 30 heavy (non-hydrogen) atoms. The molecule has 3 rings (SSSR count). The fraction of sp³-hybridized carbons (Fsp3) is 0.238. The minimum atomic E-state index is -1.04. The number of benzene rings is 2. The Morgan fingerprint density at radius 2 is 2.13 bits per heavy atom. The largest absolute Gasteiger partial charge is 0.481 e. The van der Waals surface area contributed by atoms with Gasteiger partial charge in [0, 0.05) is 10.9 Å². The summed E-state index contributed by atoms with van der Waals surface area (Å²) in [5.74, 6) is 0.0584. The van der Waals surface area contributed by atoms with Gasteiger partial charge in [-0.3, -0.25) is 4.79 Å². The van der Waals surface area contributed by atoms with E-state index in [0.717, 1.165) is 26.4 Å². The predicted octanol–water partition coefficient (Wildman–Crippen LogP) is 4.45. The first-order valence-corrected chi connectivity index (χ1v) is 11.2. The molecule has 0 spiro atoms. The van der Waals surface area contributed by atoms with Crippen LogP contribution in [0, 0.1) is 3.57 Å². The molecule has 0 amide bonds. The SMILES string of the molecule is CCCCc1nc2ccc(Br)cc2c(=O)n1N=Cc1ccc(OCC(=O)O)c(I)c1. The maximum Gasteiger partial charge on any atom is 0.341 e. The van der Waals surface area contributed by atoms with Crippen LogP contribution in [0.1, 0.15) is 31.2 Å². The highest BCUT2D eigenvalue weighted by Crippen LogP contribution is 2.22. The molecule has 9 heteroatoms. The lowest BCUT2D eigenvalue weighted by Gasteiger charge is -2.09. The highest BCUT2D eigenvalue weighted by molar-refractivity contribution is 14.1. The van der Waals surface area contributed by atoms with Crippen molar-refractivity contribution < 1.29 is 14.6 Å². The van der Waals surface area contributed by atoms with Gasteiger partial charge < -0.3 is 9.84 Å². The number of aliphatic carboxylic acids is 1. The lowest BCUT2D eigenvalue weighted by atomic mass is 10.2.